The number of hydrogen-bond acceptors (Lipinski definition) is 4. The van der Waals surface area contributed by atoms with Crippen LogP contribution < -0.4 is 11.5 Å². The molecule has 5 N–H and O–H groups in total. The van der Waals surface area contributed by atoms with Crippen LogP contribution in [0.1, 0.15) is 16.8 Å². The molecule has 0 heterocycles. The van der Waals surface area contributed by atoms with Crippen LogP contribution in [0.4, 0.5) is 5.69 Å². The minimum Gasteiger partial charge on any atom is -0.480 e. The maximum Gasteiger partial charge on any atom is 0.320 e. The van der Waals surface area contributed by atoms with Crippen molar-refractivity contribution in [3.05, 3.63) is 28.8 Å². The second-order valence-corrected chi connectivity index (χ2v) is 3.74. The number of carbonyl (C=O) groups excluding carboxylic acids is 1. The molecule has 5 nitrogen and oxygen atoms in total. The quantitative estimate of drug-likeness (QED) is 0.316. The number of hydrogen-bond donors (Lipinski definition) is 3. The summed E-state index contributed by atoms with van der Waals surface area (Å²) in [7, 11) is 0. The van der Waals surface area contributed by atoms with E-state index in [1.807, 2.05) is 0 Å². The lowest BCUT2D eigenvalue weighted by Gasteiger charge is -2.07. The van der Waals surface area contributed by atoms with Gasteiger partial charge in [-0.05, 0) is 18.2 Å². The van der Waals surface area contributed by atoms with Crippen LogP contribution in [0.3, 0.4) is 0 Å². The molecule has 0 amide bonds. The van der Waals surface area contributed by atoms with Gasteiger partial charge in [0, 0.05) is 22.7 Å². The van der Waals surface area contributed by atoms with Crippen molar-refractivity contribution in [3.63, 3.8) is 0 Å². The van der Waals surface area contributed by atoms with Crippen molar-refractivity contribution in [1.29, 1.82) is 0 Å². The highest BCUT2D eigenvalue weighted by Gasteiger charge is 2.18. The van der Waals surface area contributed by atoms with Crippen molar-refractivity contribution in [2.24, 2.45) is 5.73 Å². The molecule has 16 heavy (non-hydrogen) atoms. The molecule has 0 aliphatic rings. The van der Waals surface area contributed by atoms with Crippen LogP contribution in [-0.2, 0) is 4.79 Å². The molecule has 1 aromatic carbocycles. The van der Waals surface area contributed by atoms with Crippen LogP contribution in [0.5, 0.6) is 0 Å². The van der Waals surface area contributed by atoms with Gasteiger partial charge < -0.3 is 16.6 Å². The van der Waals surface area contributed by atoms with E-state index in [0.29, 0.717) is 5.02 Å². The van der Waals surface area contributed by atoms with Crippen LogP contribution in [0, 0.1) is 0 Å². The minimum absolute atomic E-state index is 0.218. The Morgan fingerprint density at radius 3 is 2.56 bits per heavy atom. The lowest BCUT2D eigenvalue weighted by atomic mass is 10.1. The number of rotatable bonds is 4. The smallest absolute Gasteiger partial charge is 0.320 e. The first-order chi connectivity index (χ1) is 7.41. The van der Waals surface area contributed by atoms with Gasteiger partial charge in [-0.25, -0.2) is 0 Å². The topological polar surface area (TPSA) is 106 Å². The fraction of sp³-hybridized carbons (Fsp3) is 0.200. The molecule has 0 saturated heterocycles. The molecule has 1 atom stereocenters. The number of carbonyl (C=O) groups is 2. The van der Waals surface area contributed by atoms with Crippen molar-refractivity contribution in [3.8, 4) is 0 Å². The second-order valence-electron chi connectivity index (χ2n) is 3.30. The molecule has 1 unspecified atom stereocenters. The first kappa shape index (κ1) is 12.5. The van der Waals surface area contributed by atoms with E-state index in [4.69, 9.17) is 28.2 Å². The first-order valence-corrected chi connectivity index (χ1v) is 4.86. The lowest BCUT2D eigenvalue weighted by molar-refractivity contribution is -0.138. The Morgan fingerprint density at radius 1 is 1.44 bits per heavy atom. The zero-order valence-corrected chi connectivity index (χ0v) is 9.07. The summed E-state index contributed by atoms with van der Waals surface area (Å²) in [4.78, 5) is 22.1. The van der Waals surface area contributed by atoms with Gasteiger partial charge in [-0.15, -0.1) is 0 Å². The minimum atomic E-state index is -1.22. The largest absolute Gasteiger partial charge is 0.480 e. The maximum absolute atomic E-state index is 11.6. The van der Waals surface area contributed by atoms with E-state index < -0.39 is 17.8 Å². The fourth-order valence-electron chi connectivity index (χ4n) is 1.18. The van der Waals surface area contributed by atoms with Crippen LogP contribution in [0.2, 0.25) is 5.02 Å². The SMILES string of the molecule is Nc1cc(Cl)ccc1C(=O)C[13CH]([15NH2])[13C](=O)O. The molecule has 1 aromatic rings. The Kier molecular flexibility index (Phi) is 3.87. The average Bonchev–Trinajstić information content (AvgIpc) is 2.16. The molecule has 0 aliphatic carbocycles. The van der Waals surface area contributed by atoms with Crippen molar-refractivity contribution in [2.45, 2.75) is 12.5 Å². The van der Waals surface area contributed by atoms with Gasteiger partial charge in [0.05, 0.1) is 0 Å². The molecule has 0 aliphatic heterocycles. The molecule has 0 radical (unpaired) electrons. The summed E-state index contributed by atoms with van der Waals surface area (Å²) in [5.41, 5.74) is 11.3. The zero-order valence-electron chi connectivity index (χ0n) is 8.31. The van der Waals surface area contributed by atoms with Crippen LogP contribution in [-0.4, -0.2) is 22.9 Å². The molecule has 86 valence electrons. The third kappa shape index (κ3) is 2.95. The molecular weight excluding hydrogens is 235 g/mol. The van der Waals surface area contributed by atoms with Crippen molar-refractivity contribution in [1.82, 2.24) is 0 Å². The van der Waals surface area contributed by atoms with Crippen molar-refractivity contribution < 1.29 is 14.7 Å². The zero-order chi connectivity index (χ0) is 12.3. The summed E-state index contributed by atoms with van der Waals surface area (Å²) in [6, 6.07) is 3.18. The third-order valence-electron chi connectivity index (χ3n) is 2.04. The lowest BCUT2D eigenvalue weighted by Crippen LogP contribution is -2.32. The Hall–Kier alpha value is -1.59. The second kappa shape index (κ2) is 4.96. The molecule has 6 heteroatoms. The van der Waals surface area contributed by atoms with Gasteiger partial charge in [0.2, 0.25) is 0 Å². The van der Waals surface area contributed by atoms with E-state index in [1.165, 1.54) is 18.2 Å². The Bertz CT molecular complexity index is 434. The highest BCUT2D eigenvalue weighted by molar-refractivity contribution is 6.31. The summed E-state index contributed by atoms with van der Waals surface area (Å²) in [5.74, 6) is -1.63. The number of halogens is 1. The number of nitrogen functional groups attached to an aromatic ring is 1. The molecule has 0 bridgehead atoms. The van der Waals surface area contributed by atoms with E-state index in [-0.39, 0.29) is 17.7 Å². The summed E-state index contributed by atoms with van der Waals surface area (Å²) >= 11 is 5.67. The first-order valence-electron chi connectivity index (χ1n) is 4.48. The summed E-state index contributed by atoms with van der Waals surface area (Å²) < 4.78 is 0. The number of aliphatic carboxylic acids is 1. The number of benzene rings is 1. The number of Topliss-reactive ketones (excluding diaryl/α,β-unsaturated/α-hetero) is 1. The van der Waals surface area contributed by atoms with Gasteiger partial charge in [-0.2, -0.15) is 0 Å². The third-order valence-corrected chi connectivity index (χ3v) is 2.27. The molecular formula is C10H11ClN2O3. The van der Waals surface area contributed by atoms with Gasteiger partial charge in [0.15, 0.2) is 5.78 Å². The van der Waals surface area contributed by atoms with Crippen molar-refractivity contribution >= 4 is 29.0 Å². The van der Waals surface area contributed by atoms with E-state index in [2.05, 4.69) is 0 Å². The Balaban J connectivity index is 2.85. The maximum atomic E-state index is 11.6. The van der Waals surface area contributed by atoms with Crippen molar-refractivity contribution in [2.75, 3.05) is 5.73 Å². The number of carboxylic acids is 1. The standard InChI is InChI=1S/C10H11ClN2O3/c11-5-1-2-6(7(12)3-5)9(14)4-8(13)10(15)16/h1-3,8H,4,12-13H2,(H,15,16)/i8+1,10+1,13+1. The van der Waals surface area contributed by atoms with Crippen LogP contribution in [0.25, 0.3) is 0 Å². The van der Waals surface area contributed by atoms with Crippen LogP contribution in [0.15, 0.2) is 18.2 Å². The fourth-order valence-corrected chi connectivity index (χ4v) is 1.37. The number of nitrogens with two attached hydrogens (primary N) is 2. The highest BCUT2D eigenvalue weighted by Crippen LogP contribution is 2.19. The summed E-state index contributed by atoms with van der Waals surface area (Å²) in [6.45, 7) is 0. The molecule has 0 fully saturated rings. The van der Waals surface area contributed by atoms with E-state index in [0.717, 1.165) is 0 Å². The summed E-state index contributed by atoms with van der Waals surface area (Å²) in [6.07, 6.45) is -0.291. The molecule has 0 saturated carbocycles. The summed E-state index contributed by atoms with van der Waals surface area (Å²) in [5, 5.41) is 8.98. The number of carboxylic acid groups (broad SMARTS) is 1. The van der Waals surface area contributed by atoms with Gasteiger partial charge in [-0.1, -0.05) is 11.6 Å². The number of ketones is 1. The molecule has 0 spiro atoms. The Morgan fingerprint density at radius 2 is 2.06 bits per heavy atom. The van der Waals surface area contributed by atoms with E-state index in [1.54, 1.807) is 0 Å². The number of anilines is 1. The Labute approximate surface area is 97.0 Å². The normalized spacial score (nSPS) is 12.1. The van der Waals surface area contributed by atoms with Crippen LogP contribution >= 0.6 is 11.6 Å². The van der Waals surface area contributed by atoms with Gasteiger partial charge >= 0.3 is 5.97 Å². The van der Waals surface area contributed by atoms with Gasteiger partial charge in [0.25, 0.3) is 0 Å². The van der Waals surface area contributed by atoms with Gasteiger partial charge in [0.1, 0.15) is 6.04 Å². The monoisotopic (exact) mass is 245 g/mol. The predicted molar refractivity (Wildman–Crippen MR) is 60.4 cm³/mol. The molecule has 0 aromatic heterocycles. The van der Waals surface area contributed by atoms with E-state index >= 15 is 0 Å². The van der Waals surface area contributed by atoms with E-state index in [9.17, 15) is 9.59 Å². The highest BCUT2D eigenvalue weighted by atomic mass is 35.5. The average molecular weight is 246 g/mol. The molecule has 1 rings (SSSR count). The van der Waals surface area contributed by atoms with Gasteiger partial charge in [-0.3, -0.25) is 9.59 Å². The predicted octanol–water partition coefficient (Wildman–Crippen LogP) is 0.907.